The molecule has 1 saturated heterocycles. The van der Waals surface area contributed by atoms with Crippen LogP contribution in [0.1, 0.15) is 20.3 Å². The molecule has 2 unspecified atom stereocenters. The van der Waals surface area contributed by atoms with Crippen molar-refractivity contribution in [2.45, 2.75) is 26.3 Å². The van der Waals surface area contributed by atoms with E-state index in [9.17, 15) is 0 Å². The van der Waals surface area contributed by atoms with Crippen molar-refractivity contribution in [1.29, 1.82) is 0 Å². The zero-order valence-electron chi connectivity index (χ0n) is 10.5. The van der Waals surface area contributed by atoms with Gasteiger partial charge in [-0.1, -0.05) is 6.92 Å². The van der Waals surface area contributed by atoms with Crippen LogP contribution in [0.5, 0.6) is 5.88 Å². The third kappa shape index (κ3) is 2.85. The topological polar surface area (TPSA) is 64.3 Å². The van der Waals surface area contributed by atoms with E-state index in [4.69, 9.17) is 10.5 Å². The van der Waals surface area contributed by atoms with E-state index in [1.54, 1.807) is 12.4 Å². The second-order valence-corrected chi connectivity index (χ2v) is 4.52. The maximum atomic E-state index is 6.08. The van der Waals surface area contributed by atoms with Crippen LogP contribution in [0, 0.1) is 5.92 Å². The molecule has 1 aliphatic heterocycles. The van der Waals surface area contributed by atoms with Crippen LogP contribution in [-0.4, -0.2) is 35.7 Å². The zero-order chi connectivity index (χ0) is 12.3. The van der Waals surface area contributed by atoms with E-state index in [1.807, 2.05) is 6.92 Å². The second kappa shape index (κ2) is 5.31. The molecule has 0 saturated carbocycles. The van der Waals surface area contributed by atoms with E-state index in [0.717, 1.165) is 25.3 Å². The summed E-state index contributed by atoms with van der Waals surface area (Å²) < 4.78 is 5.35. The molecule has 17 heavy (non-hydrogen) atoms. The van der Waals surface area contributed by atoms with E-state index >= 15 is 0 Å². The van der Waals surface area contributed by atoms with Gasteiger partial charge >= 0.3 is 0 Å². The van der Waals surface area contributed by atoms with Gasteiger partial charge in [0.2, 0.25) is 5.88 Å². The van der Waals surface area contributed by atoms with Gasteiger partial charge in [-0.05, 0) is 19.3 Å². The van der Waals surface area contributed by atoms with E-state index in [0.29, 0.717) is 18.4 Å². The van der Waals surface area contributed by atoms with Gasteiger partial charge in [-0.3, -0.25) is 4.98 Å². The molecule has 0 bridgehead atoms. The molecule has 1 fully saturated rings. The fourth-order valence-corrected chi connectivity index (χ4v) is 2.02. The third-order valence-electron chi connectivity index (χ3n) is 3.23. The van der Waals surface area contributed by atoms with Gasteiger partial charge in [-0.15, -0.1) is 0 Å². The number of anilines is 1. The number of nitrogens with two attached hydrogens (primary N) is 1. The Balaban J connectivity index is 2.09. The second-order valence-electron chi connectivity index (χ2n) is 4.52. The molecule has 5 heteroatoms. The molecule has 0 spiro atoms. The highest BCUT2D eigenvalue weighted by Gasteiger charge is 2.24. The number of ether oxygens (including phenoxy) is 1. The number of rotatable bonds is 3. The monoisotopic (exact) mass is 236 g/mol. The lowest BCUT2D eigenvalue weighted by molar-refractivity contribution is 0.324. The summed E-state index contributed by atoms with van der Waals surface area (Å²) in [5.41, 5.74) is 6.08. The maximum Gasteiger partial charge on any atom is 0.234 e. The minimum absolute atomic E-state index is 0.210. The van der Waals surface area contributed by atoms with Crippen LogP contribution in [0.3, 0.4) is 0 Å². The van der Waals surface area contributed by atoms with Gasteiger partial charge in [0.05, 0.1) is 19.0 Å². The SMILES string of the molecule is CCOc1cncc(N2CCC(C)C(N)C2)n1. The summed E-state index contributed by atoms with van der Waals surface area (Å²) in [7, 11) is 0. The average molecular weight is 236 g/mol. The normalized spacial score (nSPS) is 24.8. The van der Waals surface area contributed by atoms with Gasteiger partial charge in [-0.2, -0.15) is 4.98 Å². The van der Waals surface area contributed by atoms with Gasteiger partial charge in [0.15, 0.2) is 5.82 Å². The summed E-state index contributed by atoms with van der Waals surface area (Å²) >= 11 is 0. The van der Waals surface area contributed by atoms with Gasteiger partial charge in [0, 0.05) is 19.1 Å². The van der Waals surface area contributed by atoms with Crippen molar-refractivity contribution in [3.8, 4) is 5.88 Å². The van der Waals surface area contributed by atoms with Crippen molar-refractivity contribution < 1.29 is 4.74 Å². The number of nitrogens with zero attached hydrogens (tertiary/aromatic N) is 3. The lowest BCUT2D eigenvalue weighted by Crippen LogP contribution is -2.47. The third-order valence-corrected chi connectivity index (χ3v) is 3.23. The van der Waals surface area contributed by atoms with Crippen LogP contribution < -0.4 is 15.4 Å². The Morgan fingerprint density at radius 2 is 2.35 bits per heavy atom. The molecule has 0 radical (unpaired) electrons. The Morgan fingerprint density at radius 1 is 1.53 bits per heavy atom. The Bertz CT molecular complexity index is 371. The first-order valence-electron chi connectivity index (χ1n) is 6.16. The summed E-state index contributed by atoms with van der Waals surface area (Å²) in [6.07, 6.45) is 4.51. The minimum atomic E-state index is 0.210. The van der Waals surface area contributed by atoms with E-state index in [1.165, 1.54) is 0 Å². The molecule has 1 aliphatic rings. The summed E-state index contributed by atoms with van der Waals surface area (Å²) in [5.74, 6) is 2.02. The minimum Gasteiger partial charge on any atom is -0.477 e. The molecule has 2 N–H and O–H groups in total. The Hall–Kier alpha value is -1.36. The van der Waals surface area contributed by atoms with Crippen LogP contribution in [-0.2, 0) is 0 Å². The average Bonchev–Trinajstić information content (AvgIpc) is 2.33. The Morgan fingerprint density at radius 3 is 3.06 bits per heavy atom. The largest absolute Gasteiger partial charge is 0.477 e. The van der Waals surface area contributed by atoms with Gasteiger partial charge in [0.25, 0.3) is 0 Å². The van der Waals surface area contributed by atoms with Crippen molar-refractivity contribution in [1.82, 2.24) is 9.97 Å². The summed E-state index contributed by atoms with van der Waals surface area (Å²) in [6, 6.07) is 0.210. The maximum absolute atomic E-state index is 6.08. The van der Waals surface area contributed by atoms with Crippen LogP contribution in [0.4, 0.5) is 5.82 Å². The Labute approximate surface area is 102 Å². The molecule has 94 valence electrons. The summed E-state index contributed by atoms with van der Waals surface area (Å²) in [6.45, 7) is 6.57. The fraction of sp³-hybridized carbons (Fsp3) is 0.667. The molecule has 0 aromatic carbocycles. The highest BCUT2D eigenvalue weighted by molar-refractivity contribution is 5.38. The predicted molar refractivity (Wildman–Crippen MR) is 67.2 cm³/mol. The first-order valence-corrected chi connectivity index (χ1v) is 6.16. The van der Waals surface area contributed by atoms with E-state index in [-0.39, 0.29) is 6.04 Å². The van der Waals surface area contributed by atoms with Crippen molar-refractivity contribution in [2.24, 2.45) is 11.7 Å². The molecule has 5 nitrogen and oxygen atoms in total. The molecule has 2 heterocycles. The first-order chi connectivity index (χ1) is 8.20. The van der Waals surface area contributed by atoms with Crippen LogP contribution in [0.15, 0.2) is 12.4 Å². The lowest BCUT2D eigenvalue weighted by atomic mass is 9.94. The molecular formula is C12H20N4O. The predicted octanol–water partition coefficient (Wildman–Crippen LogP) is 1.05. The quantitative estimate of drug-likeness (QED) is 0.849. The smallest absolute Gasteiger partial charge is 0.234 e. The number of aromatic nitrogens is 2. The molecular weight excluding hydrogens is 216 g/mol. The van der Waals surface area contributed by atoms with Crippen molar-refractivity contribution in [3.05, 3.63) is 12.4 Å². The standard InChI is InChI=1S/C12H20N4O/c1-3-17-12-7-14-6-11(15-12)16-5-4-9(2)10(13)8-16/h6-7,9-10H,3-5,8,13H2,1-2H3. The fourth-order valence-electron chi connectivity index (χ4n) is 2.02. The molecule has 2 rings (SSSR count). The zero-order valence-corrected chi connectivity index (χ0v) is 10.5. The van der Waals surface area contributed by atoms with Gasteiger partial charge < -0.3 is 15.4 Å². The highest BCUT2D eigenvalue weighted by Crippen LogP contribution is 2.21. The van der Waals surface area contributed by atoms with Gasteiger partial charge in [0.1, 0.15) is 0 Å². The number of piperidine rings is 1. The van der Waals surface area contributed by atoms with Crippen LogP contribution >= 0.6 is 0 Å². The van der Waals surface area contributed by atoms with Crippen LogP contribution in [0.2, 0.25) is 0 Å². The van der Waals surface area contributed by atoms with Gasteiger partial charge in [-0.25, -0.2) is 0 Å². The summed E-state index contributed by atoms with van der Waals surface area (Å²) in [5, 5.41) is 0. The van der Waals surface area contributed by atoms with Crippen molar-refractivity contribution >= 4 is 5.82 Å². The lowest BCUT2D eigenvalue weighted by Gasteiger charge is -2.35. The van der Waals surface area contributed by atoms with E-state index in [2.05, 4.69) is 21.8 Å². The molecule has 0 aliphatic carbocycles. The molecule has 2 atom stereocenters. The molecule has 1 aromatic rings. The van der Waals surface area contributed by atoms with Crippen molar-refractivity contribution in [2.75, 3.05) is 24.6 Å². The van der Waals surface area contributed by atoms with Crippen molar-refractivity contribution in [3.63, 3.8) is 0 Å². The first kappa shape index (κ1) is 12.1. The molecule has 0 amide bonds. The highest BCUT2D eigenvalue weighted by atomic mass is 16.5. The summed E-state index contributed by atoms with van der Waals surface area (Å²) in [4.78, 5) is 10.8. The van der Waals surface area contributed by atoms with Crippen LogP contribution in [0.25, 0.3) is 0 Å². The Kier molecular flexibility index (Phi) is 3.78. The molecule has 1 aromatic heterocycles. The number of hydrogen-bond donors (Lipinski definition) is 1. The van der Waals surface area contributed by atoms with E-state index < -0.39 is 0 Å². The number of hydrogen-bond acceptors (Lipinski definition) is 5.